The Labute approximate surface area is 161 Å². The molecule has 0 radical (unpaired) electrons. The second kappa shape index (κ2) is 6.93. The van der Waals surface area contributed by atoms with Crippen LogP contribution in [0.2, 0.25) is 5.02 Å². The summed E-state index contributed by atoms with van der Waals surface area (Å²) in [5.41, 5.74) is 3.86. The van der Waals surface area contributed by atoms with Crippen molar-refractivity contribution in [2.45, 2.75) is 19.4 Å². The van der Waals surface area contributed by atoms with E-state index in [0.717, 1.165) is 32.9 Å². The first kappa shape index (κ1) is 17.4. The summed E-state index contributed by atoms with van der Waals surface area (Å²) in [5, 5.41) is 15.3. The highest BCUT2D eigenvalue weighted by molar-refractivity contribution is 6.31. The van der Waals surface area contributed by atoms with Crippen LogP contribution in [0.25, 0.3) is 21.8 Å². The zero-order valence-electron chi connectivity index (χ0n) is 14.7. The summed E-state index contributed by atoms with van der Waals surface area (Å²) < 4.78 is 0. The van der Waals surface area contributed by atoms with Crippen molar-refractivity contribution >= 4 is 45.2 Å². The van der Waals surface area contributed by atoms with E-state index in [1.54, 1.807) is 12.1 Å². The first-order valence-corrected chi connectivity index (χ1v) is 9.00. The van der Waals surface area contributed by atoms with Gasteiger partial charge in [-0.3, -0.25) is 0 Å². The van der Waals surface area contributed by atoms with Gasteiger partial charge in [0.1, 0.15) is 11.9 Å². The third-order valence-electron chi connectivity index (χ3n) is 4.62. The number of nitrogens with zero attached hydrogens (tertiary/aromatic N) is 1. The summed E-state index contributed by atoms with van der Waals surface area (Å²) in [6.07, 6.45) is 2.22. The molecule has 0 bridgehead atoms. The van der Waals surface area contributed by atoms with Gasteiger partial charge in [-0.25, -0.2) is 9.78 Å². The Morgan fingerprint density at radius 2 is 2.07 bits per heavy atom. The molecular weight excluding hydrogens is 362 g/mol. The highest BCUT2D eigenvalue weighted by Crippen LogP contribution is 2.23. The van der Waals surface area contributed by atoms with E-state index < -0.39 is 12.0 Å². The monoisotopic (exact) mass is 379 g/mol. The summed E-state index contributed by atoms with van der Waals surface area (Å²) in [6, 6.07) is 14.4. The lowest BCUT2D eigenvalue weighted by Crippen LogP contribution is -2.31. The molecule has 4 rings (SSSR count). The first-order valence-electron chi connectivity index (χ1n) is 8.62. The third-order valence-corrected chi connectivity index (χ3v) is 4.85. The second-order valence-electron chi connectivity index (χ2n) is 6.64. The summed E-state index contributed by atoms with van der Waals surface area (Å²) >= 11 is 6.00. The highest BCUT2D eigenvalue weighted by atomic mass is 35.5. The van der Waals surface area contributed by atoms with E-state index in [1.165, 1.54) is 0 Å². The van der Waals surface area contributed by atoms with Crippen molar-refractivity contribution in [3.05, 3.63) is 70.9 Å². The Hall–Kier alpha value is -3.05. The van der Waals surface area contributed by atoms with E-state index in [4.69, 9.17) is 11.6 Å². The van der Waals surface area contributed by atoms with Crippen LogP contribution < -0.4 is 5.32 Å². The number of H-pyrrole nitrogens is 1. The molecule has 136 valence electrons. The number of nitrogens with one attached hydrogen (secondary N) is 2. The Kier molecular flexibility index (Phi) is 4.46. The number of halogens is 1. The zero-order chi connectivity index (χ0) is 19.0. The lowest BCUT2D eigenvalue weighted by Gasteiger charge is -2.15. The van der Waals surface area contributed by atoms with Crippen LogP contribution in [0.5, 0.6) is 0 Å². The van der Waals surface area contributed by atoms with E-state index in [-0.39, 0.29) is 0 Å². The standard InChI is InChI=1S/C21H18ClN3O2/c1-12-2-5-18-16(8-12)14(11-23-18)10-19(21(26)27)25-20-7-3-13-9-15(22)4-6-17(13)24-20/h2-9,11,19,23H,10H2,1H3,(H,24,25)(H,26,27). The lowest BCUT2D eigenvalue weighted by atomic mass is 10.0. The Morgan fingerprint density at radius 1 is 1.22 bits per heavy atom. The number of pyridine rings is 1. The molecule has 1 atom stereocenters. The number of aryl methyl sites for hydroxylation is 1. The molecule has 6 heteroatoms. The summed E-state index contributed by atoms with van der Waals surface area (Å²) in [5.74, 6) is -0.400. The predicted molar refractivity (Wildman–Crippen MR) is 109 cm³/mol. The maximum Gasteiger partial charge on any atom is 0.326 e. The smallest absolute Gasteiger partial charge is 0.326 e. The van der Waals surface area contributed by atoms with E-state index >= 15 is 0 Å². The van der Waals surface area contributed by atoms with Crippen LogP contribution >= 0.6 is 11.6 Å². The number of rotatable bonds is 5. The van der Waals surface area contributed by atoms with Crippen LogP contribution in [0, 0.1) is 6.92 Å². The summed E-state index contributed by atoms with van der Waals surface area (Å²) in [4.78, 5) is 19.5. The van der Waals surface area contributed by atoms with Crippen molar-refractivity contribution in [3.63, 3.8) is 0 Å². The van der Waals surface area contributed by atoms with Gasteiger partial charge in [-0.1, -0.05) is 23.2 Å². The summed E-state index contributed by atoms with van der Waals surface area (Å²) in [6.45, 7) is 2.02. The van der Waals surface area contributed by atoms with Crippen molar-refractivity contribution in [2.75, 3.05) is 5.32 Å². The van der Waals surface area contributed by atoms with Gasteiger partial charge in [0, 0.05) is 33.9 Å². The molecule has 0 aliphatic heterocycles. The van der Waals surface area contributed by atoms with Crippen molar-refractivity contribution < 1.29 is 9.90 Å². The van der Waals surface area contributed by atoms with Gasteiger partial charge in [0.2, 0.25) is 0 Å². The van der Waals surface area contributed by atoms with Gasteiger partial charge in [-0.15, -0.1) is 0 Å². The molecule has 2 aromatic heterocycles. The maximum atomic E-state index is 11.8. The van der Waals surface area contributed by atoms with Gasteiger partial charge >= 0.3 is 5.97 Å². The number of carbonyl (C=O) groups is 1. The quantitative estimate of drug-likeness (QED) is 0.466. The molecular formula is C21H18ClN3O2. The molecule has 0 saturated heterocycles. The number of benzene rings is 2. The van der Waals surface area contributed by atoms with Crippen molar-refractivity contribution in [1.82, 2.24) is 9.97 Å². The topological polar surface area (TPSA) is 78.0 Å². The Balaban J connectivity index is 1.62. The highest BCUT2D eigenvalue weighted by Gasteiger charge is 2.20. The van der Waals surface area contributed by atoms with Crippen LogP contribution in [-0.2, 0) is 11.2 Å². The fraction of sp³-hybridized carbons (Fsp3) is 0.143. The van der Waals surface area contributed by atoms with Crippen molar-refractivity contribution in [2.24, 2.45) is 0 Å². The van der Waals surface area contributed by atoms with E-state index in [1.807, 2.05) is 43.5 Å². The molecule has 0 amide bonds. The second-order valence-corrected chi connectivity index (χ2v) is 7.07. The number of carboxylic acids is 1. The molecule has 27 heavy (non-hydrogen) atoms. The van der Waals surface area contributed by atoms with Crippen LogP contribution in [0.1, 0.15) is 11.1 Å². The van der Waals surface area contributed by atoms with Gasteiger partial charge in [0.25, 0.3) is 0 Å². The lowest BCUT2D eigenvalue weighted by molar-refractivity contribution is -0.137. The number of anilines is 1. The van der Waals surface area contributed by atoms with Crippen molar-refractivity contribution in [3.8, 4) is 0 Å². The van der Waals surface area contributed by atoms with Crippen LogP contribution in [0.4, 0.5) is 5.82 Å². The molecule has 4 aromatic rings. The molecule has 5 nitrogen and oxygen atoms in total. The largest absolute Gasteiger partial charge is 0.480 e. The average molecular weight is 380 g/mol. The predicted octanol–water partition coefficient (Wildman–Crippen LogP) is 4.79. The van der Waals surface area contributed by atoms with E-state index in [9.17, 15) is 9.90 Å². The SMILES string of the molecule is Cc1ccc2[nH]cc(CC(Nc3ccc4cc(Cl)ccc4n3)C(=O)O)c2c1. The number of hydrogen-bond donors (Lipinski definition) is 3. The number of carboxylic acid groups (broad SMARTS) is 1. The molecule has 0 fully saturated rings. The minimum atomic E-state index is -0.921. The number of fused-ring (bicyclic) bond motifs is 2. The molecule has 0 aliphatic rings. The van der Waals surface area contributed by atoms with Crippen LogP contribution in [0.3, 0.4) is 0 Å². The fourth-order valence-electron chi connectivity index (χ4n) is 3.24. The van der Waals surface area contributed by atoms with Crippen LogP contribution in [0.15, 0.2) is 54.7 Å². The Bertz CT molecular complexity index is 1150. The third kappa shape index (κ3) is 3.59. The van der Waals surface area contributed by atoms with Gasteiger partial charge in [-0.2, -0.15) is 0 Å². The summed E-state index contributed by atoms with van der Waals surface area (Å²) in [7, 11) is 0. The molecule has 3 N–H and O–H groups in total. The molecule has 1 unspecified atom stereocenters. The van der Waals surface area contributed by atoms with Gasteiger partial charge in [0.15, 0.2) is 0 Å². The van der Waals surface area contributed by atoms with Gasteiger partial charge in [0.05, 0.1) is 5.52 Å². The number of aromatic nitrogens is 2. The molecule has 0 spiro atoms. The van der Waals surface area contributed by atoms with E-state index in [2.05, 4.69) is 21.4 Å². The van der Waals surface area contributed by atoms with E-state index in [0.29, 0.717) is 17.3 Å². The zero-order valence-corrected chi connectivity index (χ0v) is 15.4. The van der Waals surface area contributed by atoms with Crippen molar-refractivity contribution in [1.29, 1.82) is 0 Å². The fourth-order valence-corrected chi connectivity index (χ4v) is 3.42. The maximum absolute atomic E-state index is 11.8. The minimum Gasteiger partial charge on any atom is -0.480 e. The van der Waals surface area contributed by atoms with Gasteiger partial charge < -0.3 is 15.4 Å². The minimum absolute atomic E-state index is 0.346. The van der Waals surface area contributed by atoms with Crippen LogP contribution in [-0.4, -0.2) is 27.1 Å². The average Bonchev–Trinajstić information content (AvgIpc) is 3.03. The molecule has 2 aromatic carbocycles. The first-order chi connectivity index (χ1) is 13.0. The Morgan fingerprint density at radius 3 is 2.89 bits per heavy atom. The normalized spacial score (nSPS) is 12.4. The number of aliphatic carboxylic acids is 1. The molecule has 2 heterocycles. The van der Waals surface area contributed by atoms with Gasteiger partial charge in [-0.05, 0) is 55.0 Å². The number of hydrogen-bond acceptors (Lipinski definition) is 3. The molecule has 0 saturated carbocycles. The number of aromatic amines is 1. The molecule has 0 aliphatic carbocycles.